The van der Waals surface area contributed by atoms with Crippen LogP contribution >= 0.6 is 0 Å². The van der Waals surface area contributed by atoms with Crippen LogP contribution < -0.4 is 15.0 Å². The summed E-state index contributed by atoms with van der Waals surface area (Å²) in [6, 6.07) is 11.3. The van der Waals surface area contributed by atoms with Crippen molar-refractivity contribution in [1.82, 2.24) is 5.32 Å². The quantitative estimate of drug-likeness (QED) is 0.554. The molecule has 0 radical (unpaired) electrons. The van der Waals surface area contributed by atoms with Gasteiger partial charge in [-0.2, -0.15) is 0 Å². The number of carbonyl (C=O) groups is 2. The molecule has 1 aliphatic rings. The Bertz CT molecular complexity index is 958. The van der Waals surface area contributed by atoms with E-state index in [1.54, 1.807) is 44.4 Å². The smallest absolute Gasteiger partial charge is 0.338 e. The maximum atomic E-state index is 13.8. The lowest BCUT2D eigenvalue weighted by molar-refractivity contribution is -0.140. The van der Waals surface area contributed by atoms with Crippen LogP contribution in [0.3, 0.4) is 0 Å². The van der Waals surface area contributed by atoms with Crippen LogP contribution in [0.2, 0.25) is 0 Å². The molecule has 2 aromatic rings. The summed E-state index contributed by atoms with van der Waals surface area (Å²) in [5.41, 5.74) is 1.59. The molecule has 0 aromatic heterocycles. The predicted octanol–water partition coefficient (Wildman–Crippen LogP) is 3.57. The summed E-state index contributed by atoms with van der Waals surface area (Å²) in [6.07, 6.45) is 0. The first kappa shape index (κ1) is 21.3. The van der Waals surface area contributed by atoms with Crippen molar-refractivity contribution >= 4 is 17.7 Å². The summed E-state index contributed by atoms with van der Waals surface area (Å²) < 4.78 is 29.2. The van der Waals surface area contributed by atoms with Crippen molar-refractivity contribution in [2.45, 2.75) is 13.0 Å². The van der Waals surface area contributed by atoms with Gasteiger partial charge in [-0.3, -0.25) is 4.90 Å². The van der Waals surface area contributed by atoms with Gasteiger partial charge in [0.25, 0.3) is 0 Å². The van der Waals surface area contributed by atoms with Crippen LogP contribution in [0.1, 0.15) is 18.5 Å². The minimum Gasteiger partial charge on any atom is -0.497 e. The molecule has 1 N–H and O–H groups in total. The Morgan fingerprint density at radius 2 is 1.87 bits per heavy atom. The monoisotopic (exact) mass is 414 g/mol. The van der Waals surface area contributed by atoms with Gasteiger partial charge in [-0.15, -0.1) is 0 Å². The van der Waals surface area contributed by atoms with E-state index in [1.165, 1.54) is 30.2 Å². The molecule has 0 aliphatic carbocycles. The zero-order valence-corrected chi connectivity index (χ0v) is 17.0. The number of urea groups is 1. The van der Waals surface area contributed by atoms with Crippen LogP contribution in [0.5, 0.6) is 5.75 Å². The van der Waals surface area contributed by atoms with E-state index in [9.17, 15) is 14.0 Å². The fraction of sp³-hybridized carbons (Fsp3) is 0.273. The maximum Gasteiger partial charge on any atom is 0.338 e. The van der Waals surface area contributed by atoms with Gasteiger partial charge in [0.15, 0.2) is 0 Å². The van der Waals surface area contributed by atoms with Gasteiger partial charge in [0.2, 0.25) is 0 Å². The number of hydrogen-bond donors (Lipinski definition) is 1. The molecule has 2 amide bonds. The summed E-state index contributed by atoms with van der Waals surface area (Å²) in [5.74, 6) is -0.448. The Balaban J connectivity index is 2.05. The number of anilines is 1. The first-order valence-corrected chi connectivity index (χ1v) is 9.33. The van der Waals surface area contributed by atoms with Crippen LogP contribution in [0.15, 0.2) is 59.8 Å². The van der Waals surface area contributed by atoms with Gasteiger partial charge in [-0.1, -0.05) is 12.1 Å². The van der Waals surface area contributed by atoms with Crippen molar-refractivity contribution < 1.29 is 28.2 Å². The second-order valence-electron chi connectivity index (χ2n) is 6.60. The number of nitrogens with one attached hydrogen (secondary N) is 1. The Morgan fingerprint density at radius 1 is 1.13 bits per heavy atom. The topological polar surface area (TPSA) is 77.1 Å². The van der Waals surface area contributed by atoms with Crippen molar-refractivity contribution in [2.75, 3.05) is 32.3 Å². The molecule has 1 heterocycles. The van der Waals surface area contributed by atoms with Crippen molar-refractivity contribution in [2.24, 2.45) is 0 Å². The molecular formula is C22H23FN2O5. The maximum absolute atomic E-state index is 13.8. The number of allylic oxidation sites excluding steroid dienone is 1. The fourth-order valence-corrected chi connectivity index (χ4v) is 3.28. The summed E-state index contributed by atoms with van der Waals surface area (Å²) in [4.78, 5) is 27.2. The van der Waals surface area contributed by atoms with Gasteiger partial charge < -0.3 is 19.5 Å². The number of rotatable bonds is 7. The van der Waals surface area contributed by atoms with E-state index >= 15 is 0 Å². The van der Waals surface area contributed by atoms with E-state index in [1.807, 2.05) is 0 Å². The highest BCUT2D eigenvalue weighted by atomic mass is 19.1. The Hall–Kier alpha value is -3.39. The van der Waals surface area contributed by atoms with E-state index in [-0.39, 0.29) is 18.8 Å². The SMILES string of the molecule is COCCOC(=O)C1=C(C)N(c2ccc(OC)cc2)C(=O)N[C@H]1c1cccc(F)c1. The first-order chi connectivity index (χ1) is 14.5. The minimum atomic E-state index is -0.849. The molecule has 0 unspecified atom stereocenters. The number of ether oxygens (including phenoxy) is 3. The van der Waals surface area contributed by atoms with Gasteiger partial charge in [-0.05, 0) is 48.9 Å². The highest BCUT2D eigenvalue weighted by molar-refractivity contribution is 6.03. The van der Waals surface area contributed by atoms with Crippen LogP contribution in [0, 0.1) is 5.82 Å². The number of esters is 1. The molecule has 0 saturated heterocycles. The van der Waals surface area contributed by atoms with Gasteiger partial charge >= 0.3 is 12.0 Å². The lowest BCUT2D eigenvalue weighted by Crippen LogP contribution is -2.48. The van der Waals surface area contributed by atoms with Gasteiger partial charge in [0, 0.05) is 12.8 Å². The first-order valence-electron chi connectivity index (χ1n) is 9.33. The highest BCUT2D eigenvalue weighted by Gasteiger charge is 2.37. The van der Waals surface area contributed by atoms with Crippen LogP contribution in [0.25, 0.3) is 0 Å². The van der Waals surface area contributed by atoms with Crippen molar-refractivity contribution in [3.05, 3.63) is 71.2 Å². The number of benzene rings is 2. The van der Waals surface area contributed by atoms with Crippen LogP contribution in [0.4, 0.5) is 14.9 Å². The zero-order chi connectivity index (χ0) is 21.7. The molecule has 7 nitrogen and oxygen atoms in total. The molecule has 0 saturated carbocycles. The normalized spacial score (nSPS) is 16.3. The molecule has 0 spiro atoms. The number of halogens is 1. The molecule has 1 aliphatic heterocycles. The molecule has 0 bridgehead atoms. The number of carbonyl (C=O) groups excluding carboxylic acids is 2. The Morgan fingerprint density at radius 3 is 2.50 bits per heavy atom. The number of hydrogen-bond acceptors (Lipinski definition) is 5. The zero-order valence-electron chi connectivity index (χ0n) is 17.0. The molecule has 1 atom stereocenters. The van der Waals surface area contributed by atoms with Crippen molar-refractivity contribution in [1.29, 1.82) is 0 Å². The lowest BCUT2D eigenvalue weighted by Gasteiger charge is -2.35. The molecule has 2 aromatic carbocycles. The van der Waals surface area contributed by atoms with Gasteiger partial charge in [0.1, 0.15) is 18.2 Å². The Labute approximate surface area is 174 Å². The fourth-order valence-electron chi connectivity index (χ4n) is 3.28. The van der Waals surface area contributed by atoms with Crippen molar-refractivity contribution in [3.8, 4) is 5.75 Å². The second-order valence-corrected chi connectivity index (χ2v) is 6.60. The average molecular weight is 414 g/mol. The predicted molar refractivity (Wildman–Crippen MR) is 109 cm³/mol. The number of nitrogens with zero attached hydrogens (tertiary/aromatic N) is 1. The summed E-state index contributed by atoms with van der Waals surface area (Å²) >= 11 is 0. The highest BCUT2D eigenvalue weighted by Crippen LogP contribution is 2.34. The summed E-state index contributed by atoms with van der Waals surface area (Å²) in [5, 5.41) is 2.79. The van der Waals surface area contributed by atoms with Crippen molar-refractivity contribution in [3.63, 3.8) is 0 Å². The molecule has 30 heavy (non-hydrogen) atoms. The van der Waals surface area contributed by atoms with Gasteiger partial charge in [0.05, 0.1) is 31.0 Å². The molecule has 3 rings (SSSR count). The van der Waals surface area contributed by atoms with E-state index in [2.05, 4.69) is 5.32 Å². The third kappa shape index (κ3) is 4.44. The molecule has 0 fully saturated rings. The van der Waals surface area contributed by atoms with Gasteiger partial charge in [-0.25, -0.2) is 14.0 Å². The minimum absolute atomic E-state index is 0.0540. The largest absolute Gasteiger partial charge is 0.497 e. The average Bonchev–Trinajstić information content (AvgIpc) is 2.74. The molecule has 158 valence electrons. The van der Waals surface area contributed by atoms with E-state index in [0.29, 0.717) is 22.7 Å². The molecule has 8 heteroatoms. The second kappa shape index (κ2) is 9.41. The van der Waals surface area contributed by atoms with E-state index < -0.39 is 23.9 Å². The van der Waals surface area contributed by atoms with E-state index in [4.69, 9.17) is 14.2 Å². The lowest BCUT2D eigenvalue weighted by atomic mass is 9.94. The Kier molecular flexibility index (Phi) is 6.68. The third-order valence-electron chi connectivity index (χ3n) is 4.74. The molecular weight excluding hydrogens is 391 g/mol. The van der Waals surface area contributed by atoms with Crippen LogP contribution in [-0.2, 0) is 14.3 Å². The van der Waals surface area contributed by atoms with Crippen LogP contribution in [-0.4, -0.2) is 39.4 Å². The summed E-state index contributed by atoms with van der Waals surface area (Å²) in [7, 11) is 3.05. The standard InChI is InChI=1S/C22H23FN2O5/c1-14-19(21(26)30-12-11-28-2)20(15-5-4-6-16(23)13-15)24-22(27)25(14)17-7-9-18(29-3)10-8-17/h4-10,13,20H,11-12H2,1-3H3,(H,24,27)/t20-/m0/s1. The third-order valence-corrected chi connectivity index (χ3v) is 4.74. The summed E-state index contributed by atoms with van der Waals surface area (Å²) in [6.45, 7) is 1.94. The van der Waals surface area contributed by atoms with E-state index in [0.717, 1.165) is 0 Å². The number of methoxy groups -OCH3 is 2. The number of amides is 2.